The van der Waals surface area contributed by atoms with E-state index in [2.05, 4.69) is 34.0 Å². The molecule has 24 heavy (non-hydrogen) atoms. The molecule has 0 amide bonds. The first kappa shape index (κ1) is 17.8. The molecule has 0 aliphatic heterocycles. The van der Waals surface area contributed by atoms with E-state index in [-0.39, 0.29) is 0 Å². The fourth-order valence-corrected chi connectivity index (χ4v) is 2.52. The Morgan fingerprint density at radius 1 is 1.00 bits per heavy atom. The first-order valence-corrected chi connectivity index (χ1v) is 8.27. The molecule has 0 bridgehead atoms. The summed E-state index contributed by atoms with van der Waals surface area (Å²) in [6.45, 7) is 6.30. The molecule has 0 aliphatic rings. The number of ether oxygens (including phenoxy) is 2. The van der Waals surface area contributed by atoms with Crippen LogP contribution >= 0.6 is 0 Å². The maximum atomic E-state index is 5.40. The van der Waals surface area contributed by atoms with Crippen molar-refractivity contribution < 1.29 is 9.47 Å². The summed E-state index contributed by atoms with van der Waals surface area (Å²) in [4.78, 5) is 11.0. The van der Waals surface area contributed by atoms with Crippen LogP contribution in [0.1, 0.15) is 26.7 Å². The lowest BCUT2D eigenvalue weighted by Gasteiger charge is -2.22. The Morgan fingerprint density at radius 2 is 1.75 bits per heavy atom. The van der Waals surface area contributed by atoms with Gasteiger partial charge in [0.15, 0.2) is 0 Å². The molecule has 0 spiro atoms. The van der Waals surface area contributed by atoms with Gasteiger partial charge in [-0.3, -0.25) is 0 Å². The highest BCUT2D eigenvalue weighted by Gasteiger charge is 2.10. The van der Waals surface area contributed by atoms with E-state index in [1.165, 1.54) is 0 Å². The van der Waals surface area contributed by atoms with E-state index in [4.69, 9.17) is 9.47 Å². The average Bonchev–Trinajstić information content (AvgIpc) is 2.61. The lowest BCUT2D eigenvalue weighted by molar-refractivity contribution is 0.405. The maximum Gasteiger partial charge on any atom is 0.142 e. The molecule has 0 saturated carbocycles. The molecule has 2 rings (SSSR count). The van der Waals surface area contributed by atoms with Gasteiger partial charge in [-0.1, -0.05) is 13.8 Å². The molecule has 0 fully saturated rings. The highest BCUT2D eigenvalue weighted by Crippen LogP contribution is 2.31. The van der Waals surface area contributed by atoms with Crippen molar-refractivity contribution >= 4 is 17.3 Å². The molecular formula is C18H26N4O2. The zero-order valence-electron chi connectivity index (χ0n) is 14.9. The largest absolute Gasteiger partial charge is 0.497 e. The Balaban J connectivity index is 2.26. The van der Waals surface area contributed by atoms with Crippen molar-refractivity contribution in [1.82, 2.24) is 9.97 Å². The topological polar surface area (TPSA) is 59.5 Å². The predicted octanol–water partition coefficient (Wildman–Crippen LogP) is 3.86. The van der Waals surface area contributed by atoms with E-state index in [1.54, 1.807) is 20.5 Å². The van der Waals surface area contributed by atoms with E-state index in [9.17, 15) is 0 Å². The van der Waals surface area contributed by atoms with Crippen LogP contribution in [0.15, 0.2) is 30.6 Å². The van der Waals surface area contributed by atoms with Gasteiger partial charge in [-0.05, 0) is 25.0 Å². The monoisotopic (exact) mass is 330 g/mol. The van der Waals surface area contributed by atoms with Crippen LogP contribution in [-0.4, -0.2) is 37.3 Å². The zero-order chi connectivity index (χ0) is 17.4. The minimum absolute atomic E-state index is 0.726. The van der Waals surface area contributed by atoms with Gasteiger partial charge in [-0.25, -0.2) is 9.97 Å². The van der Waals surface area contributed by atoms with E-state index in [0.717, 1.165) is 54.8 Å². The number of anilines is 3. The number of methoxy groups -OCH3 is 2. The third kappa shape index (κ3) is 4.50. The molecule has 2 aromatic rings. The lowest BCUT2D eigenvalue weighted by Crippen LogP contribution is -2.25. The third-order valence-electron chi connectivity index (χ3n) is 3.63. The van der Waals surface area contributed by atoms with Crippen LogP contribution in [0.2, 0.25) is 0 Å². The zero-order valence-corrected chi connectivity index (χ0v) is 14.9. The van der Waals surface area contributed by atoms with Gasteiger partial charge < -0.3 is 19.7 Å². The standard InChI is InChI=1S/C18H26N4O2/c1-5-9-22(10-6-2)18-12-17(19-13-20-18)21-15-11-14(23-3)7-8-16(15)24-4/h7-8,11-13H,5-6,9-10H2,1-4H3,(H,19,20,21). The molecule has 0 unspecified atom stereocenters. The number of rotatable bonds is 9. The summed E-state index contributed by atoms with van der Waals surface area (Å²) in [5.74, 6) is 3.14. The van der Waals surface area contributed by atoms with Crippen molar-refractivity contribution in [2.24, 2.45) is 0 Å². The number of benzene rings is 1. The second-order valence-corrected chi connectivity index (χ2v) is 5.44. The fraction of sp³-hybridized carbons (Fsp3) is 0.444. The SMILES string of the molecule is CCCN(CCC)c1cc(Nc2cc(OC)ccc2OC)ncn1. The first-order valence-electron chi connectivity index (χ1n) is 8.27. The van der Waals surface area contributed by atoms with Crippen molar-refractivity contribution in [3.8, 4) is 11.5 Å². The minimum Gasteiger partial charge on any atom is -0.497 e. The summed E-state index contributed by atoms with van der Waals surface area (Å²) in [5.41, 5.74) is 0.805. The van der Waals surface area contributed by atoms with Crippen molar-refractivity contribution in [3.63, 3.8) is 0 Å². The van der Waals surface area contributed by atoms with Crippen LogP contribution < -0.4 is 19.7 Å². The van der Waals surface area contributed by atoms with Gasteiger partial charge in [0.05, 0.1) is 19.9 Å². The van der Waals surface area contributed by atoms with E-state index in [0.29, 0.717) is 0 Å². The van der Waals surface area contributed by atoms with Gasteiger partial charge in [0.25, 0.3) is 0 Å². The highest BCUT2D eigenvalue weighted by molar-refractivity contribution is 5.67. The summed E-state index contributed by atoms with van der Waals surface area (Å²) in [5, 5.41) is 3.29. The van der Waals surface area contributed by atoms with Crippen LogP contribution in [-0.2, 0) is 0 Å². The van der Waals surface area contributed by atoms with Gasteiger partial charge in [0.2, 0.25) is 0 Å². The number of hydrogen-bond donors (Lipinski definition) is 1. The molecule has 6 heteroatoms. The smallest absolute Gasteiger partial charge is 0.142 e. The molecule has 1 N–H and O–H groups in total. The number of nitrogens with zero attached hydrogens (tertiary/aromatic N) is 3. The molecular weight excluding hydrogens is 304 g/mol. The van der Waals surface area contributed by atoms with E-state index < -0.39 is 0 Å². The summed E-state index contributed by atoms with van der Waals surface area (Å²) in [6.07, 6.45) is 3.75. The third-order valence-corrected chi connectivity index (χ3v) is 3.63. The summed E-state index contributed by atoms with van der Waals surface area (Å²) >= 11 is 0. The Morgan fingerprint density at radius 3 is 2.38 bits per heavy atom. The second kappa shape index (κ2) is 8.96. The normalized spacial score (nSPS) is 10.3. The number of nitrogens with one attached hydrogen (secondary N) is 1. The lowest BCUT2D eigenvalue weighted by atomic mass is 10.2. The Hall–Kier alpha value is -2.50. The highest BCUT2D eigenvalue weighted by atomic mass is 16.5. The van der Waals surface area contributed by atoms with Crippen LogP contribution in [0.25, 0.3) is 0 Å². The average molecular weight is 330 g/mol. The van der Waals surface area contributed by atoms with E-state index >= 15 is 0 Å². The summed E-state index contributed by atoms with van der Waals surface area (Å²) < 4.78 is 10.7. The van der Waals surface area contributed by atoms with Crippen molar-refractivity contribution in [2.75, 3.05) is 37.5 Å². The Kier molecular flexibility index (Phi) is 6.66. The molecule has 1 aromatic heterocycles. The summed E-state index contributed by atoms with van der Waals surface area (Å²) in [6, 6.07) is 7.57. The van der Waals surface area contributed by atoms with Crippen LogP contribution in [0.3, 0.4) is 0 Å². The minimum atomic E-state index is 0.726. The maximum absolute atomic E-state index is 5.40. The molecule has 1 aromatic carbocycles. The second-order valence-electron chi connectivity index (χ2n) is 5.44. The van der Waals surface area contributed by atoms with Crippen molar-refractivity contribution in [2.45, 2.75) is 26.7 Å². The Labute approximate surface area is 143 Å². The molecule has 0 radical (unpaired) electrons. The van der Waals surface area contributed by atoms with Crippen LogP contribution in [0.5, 0.6) is 11.5 Å². The van der Waals surface area contributed by atoms with E-state index in [1.807, 2.05) is 24.3 Å². The summed E-state index contributed by atoms with van der Waals surface area (Å²) in [7, 11) is 3.28. The van der Waals surface area contributed by atoms with Gasteiger partial charge >= 0.3 is 0 Å². The molecule has 0 aliphatic carbocycles. The molecule has 130 valence electrons. The molecule has 1 heterocycles. The predicted molar refractivity (Wildman–Crippen MR) is 97.7 cm³/mol. The van der Waals surface area contributed by atoms with Gasteiger partial charge in [-0.15, -0.1) is 0 Å². The van der Waals surface area contributed by atoms with Gasteiger partial charge in [0, 0.05) is 25.2 Å². The fourth-order valence-electron chi connectivity index (χ4n) is 2.52. The quantitative estimate of drug-likeness (QED) is 0.753. The number of aromatic nitrogens is 2. The first-order chi connectivity index (χ1) is 11.7. The van der Waals surface area contributed by atoms with Crippen LogP contribution in [0.4, 0.5) is 17.3 Å². The molecule has 0 saturated heterocycles. The number of hydrogen-bond acceptors (Lipinski definition) is 6. The molecule has 0 atom stereocenters. The van der Waals surface area contributed by atoms with Crippen molar-refractivity contribution in [3.05, 3.63) is 30.6 Å². The van der Waals surface area contributed by atoms with Gasteiger partial charge in [-0.2, -0.15) is 0 Å². The van der Waals surface area contributed by atoms with Gasteiger partial charge in [0.1, 0.15) is 29.5 Å². The van der Waals surface area contributed by atoms with Crippen LogP contribution in [0, 0.1) is 0 Å². The van der Waals surface area contributed by atoms with Crippen molar-refractivity contribution in [1.29, 1.82) is 0 Å². The molecule has 6 nitrogen and oxygen atoms in total. The Bertz CT molecular complexity index is 643.